The number of carbonyl (C=O) groups is 1. The molecule has 2 amide bonds. The highest BCUT2D eigenvalue weighted by molar-refractivity contribution is 6.30. The Morgan fingerprint density at radius 1 is 1.52 bits per heavy atom. The lowest BCUT2D eigenvalue weighted by molar-refractivity contribution is 0.205. The smallest absolute Gasteiger partial charge is 0.322 e. The average molecular weight is 307 g/mol. The number of benzene rings is 1. The summed E-state index contributed by atoms with van der Waals surface area (Å²) in [5.41, 5.74) is 3.16. The van der Waals surface area contributed by atoms with Crippen LogP contribution < -0.4 is 5.32 Å². The predicted molar refractivity (Wildman–Crippen MR) is 79.1 cm³/mol. The molecule has 2 heterocycles. The monoisotopic (exact) mass is 306 g/mol. The second-order valence-corrected chi connectivity index (χ2v) is 5.33. The van der Waals surface area contributed by atoms with Crippen LogP contribution in [0, 0.1) is 0 Å². The van der Waals surface area contributed by atoms with Gasteiger partial charge in [0, 0.05) is 34.9 Å². The molecule has 1 aromatic heterocycles. The van der Waals surface area contributed by atoms with Crippen LogP contribution in [0.2, 0.25) is 5.02 Å². The number of aromatic amines is 1. The van der Waals surface area contributed by atoms with Crippen LogP contribution >= 0.6 is 11.6 Å². The normalized spacial score (nSPS) is 13.9. The van der Waals surface area contributed by atoms with Crippen molar-refractivity contribution in [3.8, 4) is 0 Å². The molecular weight excluding hydrogens is 292 g/mol. The largest absolute Gasteiger partial charge is 0.390 e. The van der Waals surface area contributed by atoms with Gasteiger partial charge in [-0.05, 0) is 18.2 Å². The molecule has 110 valence electrons. The standard InChI is InChI=1S/C14H15ClN4O2/c15-9-2-1-3-10(6-9)16-14(21)19-5-4-12-11(7-19)13(8-20)18-17-12/h1-3,6,20H,4-5,7-8H2,(H,16,21)(H,17,18). The Morgan fingerprint density at radius 2 is 2.38 bits per heavy atom. The number of H-pyrrole nitrogens is 1. The van der Waals surface area contributed by atoms with Crippen molar-refractivity contribution in [3.05, 3.63) is 46.2 Å². The molecule has 0 saturated carbocycles. The summed E-state index contributed by atoms with van der Waals surface area (Å²) in [6, 6.07) is 6.84. The van der Waals surface area contributed by atoms with Gasteiger partial charge in [0.25, 0.3) is 0 Å². The van der Waals surface area contributed by atoms with E-state index in [-0.39, 0.29) is 12.6 Å². The first-order valence-corrected chi connectivity index (χ1v) is 7.02. The fraction of sp³-hybridized carbons (Fsp3) is 0.286. The third-order valence-electron chi connectivity index (χ3n) is 3.53. The van der Waals surface area contributed by atoms with E-state index in [4.69, 9.17) is 11.6 Å². The molecule has 0 unspecified atom stereocenters. The van der Waals surface area contributed by atoms with Gasteiger partial charge in [0.05, 0.1) is 18.8 Å². The minimum absolute atomic E-state index is 0.129. The molecule has 7 heteroatoms. The Morgan fingerprint density at radius 3 is 3.14 bits per heavy atom. The highest BCUT2D eigenvalue weighted by Gasteiger charge is 2.24. The molecule has 0 fully saturated rings. The number of hydrogen-bond acceptors (Lipinski definition) is 3. The van der Waals surface area contributed by atoms with Crippen LogP contribution in [0.5, 0.6) is 0 Å². The van der Waals surface area contributed by atoms with E-state index in [9.17, 15) is 9.90 Å². The van der Waals surface area contributed by atoms with E-state index in [2.05, 4.69) is 15.5 Å². The maximum absolute atomic E-state index is 12.3. The fourth-order valence-corrected chi connectivity index (χ4v) is 2.62. The average Bonchev–Trinajstić information content (AvgIpc) is 2.89. The molecule has 0 bridgehead atoms. The van der Waals surface area contributed by atoms with Crippen molar-refractivity contribution < 1.29 is 9.90 Å². The zero-order chi connectivity index (χ0) is 14.8. The summed E-state index contributed by atoms with van der Waals surface area (Å²) in [5, 5.41) is 19.6. The van der Waals surface area contributed by atoms with E-state index in [1.807, 2.05) is 0 Å². The highest BCUT2D eigenvalue weighted by Crippen LogP contribution is 2.22. The van der Waals surface area contributed by atoms with E-state index in [0.29, 0.717) is 35.9 Å². The van der Waals surface area contributed by atoms with E-state index in [0.717, 1.165) is 11.3 Å². The van der Waals surface area contributed by atoms with Gasteiger partial charge in [-0.15, -0.1) is 0 Å². The van der Waals surface area contributed by atoms with Gasteiger partial charge in [-0.25, -0.2) is 4.79 Å². The van der Waals surface area contributed by atoms with Crippen molar-refractivity contribution in [3.63, 3.8) is 0 Å². The van der Waals surface area contributed by atoms with Crippen LogP contribution in [-0.4, -0.2) is 32.8 Å². The molecule has 0 spiro atoms. The molecule has 1 aromatic carbocycles. The van der Waals surface area contributed by atoms with E-state index >= 15 is 0 Å². The molecule has 0 saturated heterocycles. The second kappa shape index (κ2) is 5.75. The van der Waals surface area contributed by atoms with Crippen molar-refractivity contribution in [1.29, 1.82) is 0 Å². The fourth-order valence-electron chi connectivity index (χ4n) is 2.43. The number of fused-ring (bicyclic) bond motifs is 1. The zero-order valence-corrected chi connectivity index (χ0v) is 12.0. The Hall–Kier alpha value is -2.05. The molecule has 2 aromatic rings. The molecular formula is C14H15ClN4O2. The lowest BCUT2D eigenvalue weighted by atomic mass is 10.1. The molecule has 1 aliphatic heterocycles. The topological polar surface area (TPSA) is 81.2 Å². The summed E-state index contributed by atoms with van der Waals surface area (Å²) in [6.07, 6.45) is 0.700. The molecule has 3 N–H and O–H groups in total. The Labute approximate surface area is 126 Å². The number of hydrogen-bond donors (Lipinski definition) is 3. The van der Waals surface area contributed by atoms with Crippen molar-refractivity contribution in [1.82, 2.24) is 15.1 Å². The number of amides is 2. The number of halogens is 1. The van der Waals surface area contributed by atoms with Gasteiger partial charge in [0.15, 0.2) is 0 Å². The number of aromatic nitrogens is 2. The Balaban J connectivity index is 1.72. The molecule has 6 nitrogen and oxygen atoms in total. The van der Waals surface area contributed by atoms with Gasteiger partial charge in [0.2, 0.25) is 0 Å². The van der Waals surface area contributed by atoms with Gasteiger partial charge in [0.1, 0.15) is 0 Å². The zero-order valence-electron chi connectivity index (χ0n) is 11.3. The van der Waals surface area contributed by atoms with Crippen LogP contribution in [0.25, 0.3) is 0 Å². The van der Waals surface area contributed by atoms with Gasteiger partial charge < -0.3 is 15.3 Å². The molecule has 0 atom stereocenters. The van der Waals surface area contributed by atoms with Gasteiger partial charge >= 0.3 is 6.03 Å². The summed E-state index contributed by atoms with van der Waals surface area (Å²) >= 11 is 5.90. The van der Waals surface area contributed by atoms with Crippen molar-refractivity contribution >= 4 is 23.3 Å². The number of carbonyl (C=O) groups excluding carboxylic acids is 1. The predicted octanol–water partition coefficient (Wildman–Crippen LogP) is 2.15. The Bertz CT molecular complexity index is 657. The third-order valence-corrected chi connectivity index (χ3v) is 3.77. The first kappa shape index (κ1) is 13.9. The first-order valence-electron chi connectivity index (χ1n) is 6.64. The minimum Gasteiger partial charge on any atom is -0.390 e. The van der Waals surface area contributed by atoms with Crippen molar-refractivity contribution in [2.45, 2.75) is 19.6 Å². The molecule has 21 heavy (non-hydrogen) atoms. The molecule has 3 rings (SSSR count). The van der Waals surface area contributed by atoms with Gasteiger partial charge in [-0.3, -0.25) is 5.10 Å². The summed E-state index contributed by atoms with van der Waals surface area (Å²) in [6.45, 7) is 0.913. The summed E-state index contributed by atoms with van der Waals surface area (Å²) in [7, 11) is 0. The maximum atomic E-state index is 12.3. The number of nitrogens with zero attached hydrogens (tertiary/aromatic N) is 2. The van der Waals surface area contributed by atoms with Crippen LogP contribution in [0.15, 0.2) is 24.3 Å². The van der Waals surface area contributed by atoms with Crippen LogP contribution in [-0.2, 0) is 19.6 Å². The molecule has 0 radical (unpaired) electrons. The number of urea groups is 1. The summed E-state index contributed by atoms with van der Waals surface area (Å²) in [5.74, 6) is 0. The molecule has 0 aliphatic carbocycles. The lowest BCUT2D eigenvalue weighted by Crippen LogP contribution is -2.39. The lowest BCUT2D eigenvalue weighted by Gasteiger charge is -2.27. The van der Waals surface area contributed by atoms with E-state index < -0.39 is 0 Å². The van der Waals surface area contributed by atoms with Crippen molar-refractivity contribution in [2.75, 3.05) is 11.9 Å². The summed E-state index contributed by atoms with van der Waals surface area (Å²) in [4.78, 5) is 14.0. The number of rotatable bonds is 2. The van der Waals surface area contributed by atoms with Crippen LogP contribution in [0.4, 0.5) is 10.5 Å². The van der Waals surface area contributed by atoms with Gasteiger partial charge in [-0.2, -0.15) is 5.10 Å². The maximum Gasteiger partial charge on any atom is 0.322 e. The highest BCUT2D eigenvalue weighted by atomic mass is 35.5. The minimum atomic E-state index is -0.187. The van der Waals surface area contributed by atoms with Crippen LogP contribution in [0.1, 0.15) is 17.0 Å². The van der Waals surface area contributed by atoms with E-state index in [1.165, 1.54) is 0 Å². The van der Waals surface area contributed by atoms with Crippen LogP contribution in [0.3, 0.4) is 0 Å². The third kappa shape index (κ3) is 2.86. The number of anilines is 1. The first-order chi connectivity index (χ1) is 10.2. The van der Waals surface area contributed by atoms with E-state index in [1.54, 1.807) is 29.2 Å². The second-order valence-electron chi connectivity index (χ2n) is 4.90. The number of nitrogens with one attached hydrogen (secondary N) is 2. The SMILES string of the molecule is O=C(Nc1cccc(Cl)c1)N1CCc2[nH]nc(CO)c2C1. The quantitative estimate of drug-likeness (QED) is 0.795. The Kier molecular flexibility index (Phi) is 3.81. The number of aliphatic hydroxyl groups excluding tert-OH is 1. The summed E-state index contributed by atoms with van der Waals surface area (Å²) < 4.78 is 0. The van der Waals surface area contributed by atoms with Gasteiger partial charge in [-0.1, -0.05) is 17.7 Å². The number of aliphatic hydroxyl groups is 1. The molecule has 1 aliphatic rings. The van der Waals surface area contributed by atoms with Crippen molar-refractivity contribution in [2.24, 2.45) is 0 Å².